The van der Waals surface area contributed by atoms with E-state index in [1.807, 2.05) is 23.7 Å². The van der Waals surface area contributed by atoms with Crippen molar-refractivity contribution < 1.29 is 9.90 Å². The summed E-state index contributed by atoms with van der Waals surface area (Å²) in [6.07, 6.45) is 1.25. The van der Waals surface area contributed by atoms with E-state index in [0.29, 0.717) is 6.42 Å². The number of thiophene rings is 1. The molecule has 5 nitrogen and oxygen atoms in total. The van der Waals surface area contributed by atoms with E-state index < -0.39 is 6.10 Å². The molecule has 3 rings (SSSR count). The number of nitrogens with zero attached hydrogens (tertiary/aromatic N) is 3. The van der Waals surface area contributed by atoms with E-state index in [1.165, 1.54) is 16.9 Å². The number of ketones is 1. The fourth-order valence-electron chi connectivity index (χ4n) is 2.96. The van der Waals surface area contributed by atoms with E-state index in [0.717, 1.165) is 48.9 Å². The normalized spacial score (nSPS) is 16.8. The number of rotatable bonds is 5. The Bertz CT molecular complexity index is 692. The lowest BCUT2D eigenvalue weighted by Gasteiger charge is -2.18. The highest BCUT2D eigenvalue weighted by Gasteiger charge is 2.19. The van der Waals surface area contributed by atoms with Gasteiger partial charge in [0.05, 0.1) is 22.4 Å². The van der Waals surface area contributed by atoms with Crippen LogP contribution in [0.4, 0.5) is 0 Å². The van der Waals surface area contributed by atoms with Crippen LogP contribution in [0.2, 0.25) is 0 Å². The van der Waals surface area contributed by atoms with Gasteiger partial charge in [0.15, 0.2) is 5.78 Å². The van der Waals surface area contributed by atoms with Crippen LogP contribution >= 0.6 is 11.3 Å². The molecule has 3 heterocycles. The molecule has 0 spiro atoms. The molecule has 6 heteroatoms. The smallest absolute Gasteiger partial charge is 0.169 e. The van der Waals surface area contributed by atoms with Gasteiger partial charge in [-0.15, -0.1) is 11.3 Å². The van der Waals surface area contributed by atoms with Crippen LogP contribution in [-0.2, 0) is 19.6 Å². The molecule has 23 heavy (non-hydrogen) atoms. The molecule has 0 bridgehead atoms. The van der Waals surface area contributed by atoms with Crippen molar-refractivity contribution in [1.29, 1.82) is 0 Å². The van der Waals surface area contributed by atoms with Gasteiger partial charge in [-0.1, -0.05) is 6.92 Å². The van der Waals surface area contributed by atoms with Crippen LogP contribution in [-0.4, -0.2) is 32.1 Å². The number of Topliss-reactive ketones (excluding diaryl/α,β-unsaturated/α-hetero) is 1. The standard InChI is InChI=1S/C17H23N3O2S/c1-3-16(22)15-8-14-10-19(5-4-6-20(14)18-15)9-13-7-17(12(2)21)23-11-13/h7-8,11,16,22H,3-6,9-10H2,1-2H3/t16-/m0/s1. The van der Waals surface area contributed by atoms with Gasteiger partial charge in [0.2, 0.25) is 0 Å². The zero-order chi connectivity index (χ0) is 16.4. The maximum absolute atomic E-state index is 11.4. The zero-order valence-electron chi connectivity index (χ0n) is 13.7. The average Bonchev–Trinajstić information content (AvgIpc) is 3.10. The predicted octanol–water partition coefficient (Wildman–Crippen LogP) is 3.00. The van der Waals surface area contributed by atoms with Gasteiger partial charge in [0.25, 0.3) is 0 Å². The molecule has 0 saturated carbocycles. The third-order valence-electron chi connectivity index (χ3n) is 4.25. The van der Waals surface area contributed by atoms with Crippen molar-refractivity contribution in [3.05, 3.63) is 39.3 Å². The molecule has 0 aromatic carbocycles. The van der Waals surface area contributed by atoms with Crippen molar-refractivity contribution >= 4 is 17.1 Å². The number of fused-ring (bicyclic) bond motifs is 1. The lowest BCUT2D eigenvalue weighted by Crippen LogP contribution is -2.22. The van der Waals surface area contributed by atoms with Gasteiger partial charge in [-0.3, -0.25) is 14.4 Å². The lowest BCUT2D eigenvalue weighted by molar-refractivity contribution is 0.102. The van der Waals surface area contributed by atoms with Gasteiger partial charge in [-0.2, -0.15) is 5.10 Å². The molecule has 2 aromatic heterocycles. The lowest BCUT2D eigenvalue weighted by atomic mass is 10.2. The molecule has 0 radical (unpaired) electrons. The molecular formula is C17H23N3O2S. The first kappa shape index (κ1) is 16.4. The number of aliphatic hydroxyl groups excluding tert-OH is 1. The zero-order valence-corrected chi connectivity index (χ0v) is 14.5. The Morgan fingerprint density at radius 1 is 1.43 bits per heavy atom. The summed E-state index contributed by atoms with van der Waals surface area (Å²) < 4.78 is 2.03. The van der Waals surface area contributed by atoms with Crippen LogP contribution in [0.1, 0.15) is 59.4 Å². The van der Waals surface area contributed by atoms with Gasteiger partial charge in [-0.25, -0.2) is 0 Å². The van der Waals surface area contributed by atoms with Crippen LogP contribution in [0.15, 0.2) is 17.5 Å². The second-order valence-electron chi connectivity index (χ2n) is 6.15. The van der Waals surface area contributed by atoms with Crippen LogP contribution in [0.5, 0.6) is 0 Å². The highest BCUT2D eigenvalue weighted by molar-refractivity contribution is 7.12. The minimum Gasteiger partial charge on any atom is -0.387 e. The third-order valence-corrected chi connectivity index (χ3v) is 5.33. The number of aromatic nitrogens is 2. The molecule has 124 valence electrons. The first-order valence-electron chi connectivity index (χ1n) is 8.12. The second kappa shape index (κ2) is 6.95. The Morgan fingerprint density at radius 2 is 2.26 bits per heavy atom. The van der Waals surface area contributed by atoms with E-state index in [2.05, 4.69) is 15.4 Å². The quantitative estimate of drug-likeness (QED) is 0.855. The molecule has 2 aromatic rings. The van der Waals surface area contributed by atoms with Crippen molar-refractivity contribution in [2.75, 3.05) is 6.54 Å². The molecular weight excluding hydrogens is 310 g/mol. The second-order valence-corrected chi connectivity index (χ2v) is 7.06. The van der Waals surface area contributed by atoms with Gasteiger partial charge in [0, 0.05) is 26.2 Å². The van der Waals surface area contributed by atoms with Crippen molar-refractivity contribution in [2.24, 2.45) is 0 Å². The van der Waals surface area contributed by atoms with Crippen LogP contribution in [0, 0.1) is 0 Å². The van der Waals surface area contributed by atoms with Crippen molar-refractivity contribution in [3.63, 3.8) is 0 Å². The molecule has 0 aliphatic carbocycles. The largest absolute Gasteiger partial charge is 0.387 e. The Hall–Kier alpha value is -1.50. The molecule has 0 unspecified atom stereocenters. The van der Waals surface area contributed by atoms with Gasteiger partial charge in [-0.05, 0) is 42.8 Å². The van der Waals surface area contributed by atoms with E-state index in [9.17, 15) is 9.90 Å². The van der Waals surface area contributed by atoms with E-state index >= 15 is 0 Å². The molecule has 1 atom stereocenters. The minimum atomic E-state index is -0.474. The number of carbonyl (C=O) groups is 1. The topological polar surface area (TPSA) is 58.4 Å². The van der Waals surface area contributed by atoms with Crippen LogP contribution in [0.3, 0.4) is 0 Å². The Balaban J connectivity index is 1.72. The predicted molar refractivity (Wildman–Crippen MR) is 90.5 cm³/mol. The summed E-state index contributed by atoms with van der Waals surface area (Å²) in [6, 6.07) is 4.03. The Morgan fingerprint density at radius 3 is 2.96 bits per heavy atom. The molecule has 1 aliphatic heterocycles. The Labute approximate surface area is 140 Å². The highest BCUT2D eigenvalue weighted by Crippen LogP contribution is 2.22. The fraction of sp³-hybridized carbons (Fsp3) is 0.529. The van der Waals surface area contributed by atoms with Gasteiger partial charge < -0.3 is 5.11 Å². The van der Waals surface area contributed by atoms with Gasteiger partial charge in [0.1, 0.15) is 0 Å². The first-order valence-corrected chi connectivity index (χ1v) is 9.00. The summed E-state index contributed by atoms with van der Waals surface area (Å²) >= 11 is 1.52. The fourth-order valence-corrected chi connectivity index (χ4v) is 3.77. The number of aryl methyl sites for hydroxylation is 1. The van der Waals surface area contributed by atoms with Crippen molar-refractivity contribution in [3.8, 4) is 0 Å². The molecule has 0 amide bonds. The highest BCUT2D eigenvalue weighted by atomic mass is 32.1. The van der Waals surface area contributed by atoms with Gasteiger partial charge >= 0.3 is 0 Å². The van der Waals surface area contributed by atoms with Crippen LogP contribution in [0.25, 0.3) is 0 Å². The molecule has 1 N–H and O–H groups in total. The summed E-state index contributed by atoms with van der Waals surface area (Å²) in [5, 5.41) is 16.6. The third kappa shape index (κ3) is 3.71. The Kier molecular flexibility index (Phi) is 4.94. The first-order chi connectivity index (χ1) is 11.1. The monoisotopic (exact) mass is 333 g/mol. The van der Waals surface area contributed by atoms with E-state index in [-0.39, 0.29) is 5.78 Å². The summed E-state index contributed by atoms with van der Waals surface area (Å²) in [5.74, 6) is 0.133. The van der Waals surface area contributed by atoms with E-state index in [1.54, 1.807) is 6.92 Å². The summed E-state index contributed by atoms with van der Waals surface area (Å²) in [4.78, 5) is 14.6. The van der Waals surface area contributed by atoms with E-state index in [4.69, 9.17) is 0 Å². The van der Waals surface area contributed by atoms with Crippen molar-refractivity contribution in [1.82, 2.24) is 14.7 Å². The number of hydrogen-bond donors (Lipinski definition) is 1. The number of hydrogen-bond acceptors (Lipinski definition) is 5. The SMILES string of the molecule is CC[C@H](O)c1cc2n(n1)CCCN(Cc1csc(C(C)=O)c1)C2. The number of carbonyl (C=O) groups excluding carboxylic acids is 1. The maximum atomic E-state index is 11.4. The molecule has 1 aliphatic rings. The minimum absolute atomic E-state index is 0.133. The average molecular weight is 333 g/mol. The molecule has 0 fully saturated rings. The maximum Gasteiger partial charge on any atom is 0.169 e. The van der Waals surface area contributed by atoms with Crippen molar-refractivity contribution in [2.45, 2.75) is 52.4 Å². The summed E-state index contributed by atoms with van der Waals surface area (Å²) in [6.45, 7) is 7.16. The van der Waals surface area contributed by atoms with Crippen LogP contribution < -0.4 is 0 Å². The summed E-state index contributed by atoms with van der Waals surface area (Å²) in [5.41, 5.74) is 3.13. The summed E-state index contributed by atoms with van der Waals surface area (Å²) in [7, 11) is 0. The number of aliphatic hydroxyl groups is 1. The molecule has 0 saturated heterocycles.